The molecular weight excluding hydrogens is 382 g/mol. The number of aromatic nitrogens is 2. The molecule has 1 aromatic heterocycles. The lowest BCUT2D eigenvalue weighted by atomic mass is 9.79. The van der Waals surface area contributed by atoms with Crippen LogP contribution >= 0.6 is 0 Å². The summed E-state index contributed by atoms with van der Waals surface area (Å²) in [7, 11) is 1.72. The third-order valence-electron chi connectivity index (χ3n) is 6.50. The number of hydrogen-bond acceptors (Lipinski definition) is 8. The molecule has 30 heavy (non-hydrogen) atoms. The zero-order valence-corrected chi connectivity index (χ0v) is 17.5. The molecule has 4 heterocycles. The molecule has 3 aliphatic rings. The summed E-state index contributed by atoms with van der Waals surface area (Å²) in [6.07, 6.45) is 2.77. The van der Waals surface area contributed by atoms with E-state index < -0.39 is 0 Å². The van der Waals surface area contributed by atoms with Crippen LogP contribution in [0.1, 0.15) is 24.0 Å². The molecule has 1 aromatic carbocycles. The van der Waals surface area contributed by atoms with E-state index in [1.54, 1.807) is 7.11 Å². The van der Waals surface area contributed by atoms with E-state index in [1.807, 2.05) is 6.07 Å². The lowest BCUT2D eigenvalue weighted by Gasteiger charge is -2.45. The number of methoxy groups -OCH3 is 1. The molecule has 5 rings (SSSR count). The number of nitrogens with zero attached hydrogens (tertiary/aromatic N) is 4. The second-order valence-corrected chi connectivity index (χ2v) is 8.14. The van der Waals surface area contributed by atoms with Crippen molar-refractivity contribution in [3.05, 3.63) is 35.4 Å². The van der Waals surface area contributed by atoms with Crippen molar-refractivity contribution in [1.29, 1.82) is 0 Å². The summed E-state index contributed by atoms with van der Waals surface area (Å²) in [5, 5.41) is 0. The highest BCUT2D eigenvalue weighted by Gasteiger charge is 2.41. The average Bonchev–Trinajstić information content (AvgIpc) is 2.80. The van der Waals surface area contributed by atoms with Gasteiger partial charge in [0.15, 0.2) is 0 Å². The molecule has 0 aliphatic carbocycles. The molecule has 2 saturated heterocycles. The van der Waals surface area contributed by atoms with E-state index in [9.17, 15) is 0 Å². The van der Waals surface area contributed by atoms with Gasteiger partial charge in [0, 0.05) is 32.2 Å². The summed E-state index contributed by atoms with van der Waals surface area (Å²) in [5.41, 5.74) is 8.49. The summed E-state index contributed by atoms with van der Waals surface area (Å²) >= 11 is 0. The third-order valence-corrected chi connectivity index (χ3v) is 6.50. The van der Waals surface area contributed by atoms with Gasteiger partial charge in [-0.1, -0.05) is 6.07 Å². The van der Waals surface area contributed by atoms with Crippen LogP contribution in [-0.2, 0) is 21.5 Å². The molecule has 8 nitrogen and oxygen atoms in total. The first-order chi connectivity index (χ1) is 14.7. The third kappa shape index (κ3) is 3.54. The van der Waals surface area contributed by atoms with Crippen LogP contribution < -0.4 is 20.3 Å². The summed E-state index contributed by atoms with van der Waals surface area (Å²) in [6, 6.07) is 8.44. The Hall–Kier alpha value is -2.58. The highest BCUT2D eigenvalue weighted by molar-refractivity contribution is 5.55. The van der Waals surface area contributed by atoms with Crippen LogP contribution in [0.2, 0.25) is 0 Å². The Morgan fingerprint density at radius 1 is 0.967 bits per heavy atom. The molecule has 0 amide bonds. The zero-order chi connectivity index (χ0) is 20.6. The summed E-state index contributed by atoms with van der Waals surface area (Å²) in [4.78, 5) is 13.5. The lowest BCUT2D eigenvalue weighted by Crippen LogP contribution is -2.47. The quantitative estimate of drug-likeness (QED) is 0.821. The number of rotatable bonds is 3. The SMILES string of the molecule is COc1ccc2c(c1)CCOC21CCN(c2cc(N3CCOCC3)nc(N)n2)CC1. The Balaban J connectivity index is 1.35. The Labute approximate surface area is 176 Å². The molecule has 0 unspecified atom stereocenters. The number of nitrogens with two attached hydrogens (primary N) is 1. The van der Waals surface area contributed by atoms with Crippen molar-refractivity contribution in [3.63, 3.8) is 0 Å². The van der Waals surface area contributed by atoms with Crippen LogP contribution in [-0.4, -0.2) is 63.1 Å². The first kappa shape index (κ1) is 19.4. The fourth-order valence-electron chi connectivity index (χ4n) is 4.85. The minimum atomic E-state index is -0.220. The monoisotopic (exact) mass is 411 g/mol. The smallest absolute Gasteiger partial charge is 0.223 e. The van der Waals surface area contributed by atoms with Gasteiger partial charge in [-0.05, 0) is 42.5 Å². The number of hydrogen-bond donors (Lipinski definition) is 1. The number of piperidine rings is 1. The van der Waals surface area contributed by atoms with Crippen molar-refractivity contribution in [2.75, 3.05) is 68.6 Å². The van der Waals surface area contributed by atoms with Crippen LogP contribution in [0.3, 0.4) is 0 Å². The normalized spacial score (nSPS) is 20.8. The molecule has 160 valence electrons. The summed E-state index contributed by atoms with van der Waals surface area (Å²) < 4.78 is 17.3. The van der Waals surface area contributed by atoms with E-state index >= 15 is 0 Å². The van der Waals surface area contributed by atoms with Gasteiger partial charge >= 0.3 is 0 Å². The summed E-state index contributed by atoms with van der Waals surface area (Å²) in [6.45, 7) is 5.57. The minimum Gasteiger partial charge on any atom is -0.497 e. The van der Waals surface area contributed by atoms with Crippen molar-refractivity contribution in [1.82, 2.24) is 9.97 Å². The maximum Gasteiger partial charge on any atom is 0.223 e. The predicted octanol–water partition coefficient (Wildman–Crippen LogP) is 1.97. The zero-order valence-electron chi connectivity index (χ0n) is 17.5. The van der Waals surface area contributed by atoms with Gasteiger partial charge in [-0.25, -0.2) is 0 Å². The second-order valence-electron chi connectivity index (χ2n) is 8.14. The molecule has 0 bridgehead atoms. The Morgan fingerprint density at radius 3 is 2.37 bits per heavy atom. The first-order valence-corrected chi connectivity index (χ1v) is 10.7. The number of morpholine rings is 1. The fourth-order valence-corrected chi connectivity index (χ4v) is 4.85. The van der Waals surface area contributed by atoms with Gasteiger partial charge in [0.05, 0.1) is 32.5 Å². The number of nitrogen functional groups attached to an aromatic ring is 1. The van der Waals surface area contributed by atoms with E-state index in [4.69, 9.17) is 19.9 Å². The Morgan fingerprint density at radius 2 is 1.67 bits per heavy atom. The highest BCUT2D eigenvalue weighted by atomic mass is 16.5. The van der Waals surface area contributed by atoms with Crippen LogP contribution in [0.25, 0.3) is 0 Å². The van der Waals surface area contributed by atoms with E-state index in [0.717, 1.165) is 69.4 Å². The average molecular weight is 412 g/mol. The maximum atomic E-state index is 6.39. The molecule has 0 radical (unpaired) electrons. The molecule has 3 aliphatic heterocycles. The minimum absolute atomic E-state index is 0.220. The molecule has 2 aromatic rings. The van der Waals surface area contributed by atoms with E-state index in [2.05, 4.69) is 38.0 Å². The van der Waals surface area contributed by atoms with Crippen LogP contribution in [0.5, 0.6) is 5.75 Å². The Kier molecular flexibility index (Phi) is 5.12. The predicted molar refractivity (Wildman–Crippen MR) is 115 cm³/mol. The molecular formula is C22H29N5O3. The molecule has 0 atom stereocenters. The fraction of sp³-hybridized carbons (Fsp3) is 0.545. The van der Waals surface area contributed by atoms with Gasteiger partial charge in [0.1, 0.15) is 17.4 Å². The molecule has 0 saturated carbocycles. The van der Waals surface area contributed by atoms with Crippen molar-refractivity contribution in [2.24, 2.45) is 0 Å². The Bertz CT molecular complexity index is 908. The first-order valence-electron chi connectivity index (χ1n) is 10.7. The van der Waals surface area contributed by atoms with Gasteiger partial charge in [0.25, 0.3) is 0 Å². The topological polar surface area (TPSA) is 86.0 Å². The van der Waals surface area contributed by atoms with Gasteiger partial charge in [-0.2, -0.15) is 9.97 Å². The number of anilines is 3. The number of ether oxygens (including phenoxy) is 3. The van der Waals surface area contributed by atoms with Gasteiger partial charge in [0.2, 0.25) is 5.95 Å². The molecule has 2 fully saturated rings. The largest absolute Gasteiger partial charge is 0.497 e. The van der Waals surface area contributed by atoms with Crippen LogP contribution in [0, 0.1) is 0 Å². The van der Waals surface area contributed by atoms with E-state index in [1.165, 1.54) is 11.1 Å². The number of benzene rings is 1. The number of fused-ring (bicyclic) bond motifs is 2. The lowest BCUT2D eigenvalue weighted by molar-refractivity contribution is -0.0767. The van der Waals surface area contributed by atoms with Gasteiger partial charge in [-0.3, -0.25) is 0 Å². The van der Waals surface area contributed by atoms with Crippen molar-refractivity contribution in [2.45, 2.75) is 24.9 Å². The molecule has 2 N–H and O–H groups in total. The van der Waals surface area contributed by atoms with Crippen LogP contribution in [0.4, 0.5) is 17.6 Å². The van der Waals surface area contributed by atoms with Gasteiger partial charge < -0.3 is 29.7 Å². The van der Waals surface area contributed by atoms with Crippen molar-refractivity contribution >= 4 is 17.6 Å². The molecule has 8 heteroatoms. The summed E-state index contributed by atoms with van der Waals surface area (Å²) in [5.74, 6) is 3.01. The molecule has 1 spiro atoms. The maximum absolute atomic E-state index is 6.39. The highest BCUT2D eigenvalue weighted by Crippen LogP contribution is 2.43. The van der Waals surface area contributed by atoms with E-state index in [-0.39, 0.29) is 5.60 Å². The van der Waals surface area contributed by atoms with Crippen molar-refractivity contribution < 1.29 is 14.2 Å². The standard InChI is InChI=1S/C22H29N5O3/c1-28-17-2-3-18-16(14-17)4-11-30-22(18)5-7-26(8-6-22)19-15-20(25-21(23)24-19)27-9-12-29-13-10-27/h2-3,14-15H,4-13H2,1H3,(H2,23,24,25). The van der Waals surface area contributed by atoms with Gasteiger partial charge in [-0.15, -0.1) is 0 Å². The van der Waals surface area contributed by atoms with E-state index in [0.29, 0.717) is 19.2 Å². The second kappa shape index (κ2) is 7.92. The van der Waals surface area contributed by atoms with Crippen LogP contribution in [0.15, 0.2) is 24.3 Å². The van der Waals surface area contributed by atoms with Crippen molar-refractivity contribution in [3.8, 4) is 5.75 Å².